The second kappa shape index (κ2) is 6.44. The van der Waals surface area contributed by atoms with E-state index in [0.29, 0.717) is 6.04 Å². The molecule has 0 aliphatic rings. The zero-order chi connectivity index (χ0) is 12.0. The predicted molar refractivity (Wildman–Crippen MR) is 67.5 cm³/mol. The number of aryl methyl sites for hydroxylation is 1. The van der Waals surface area contributed by atoms with E-state index in [1.54, 1.807) is 6.92 Å². The highest BCUT2D eigenvalue weighted by atomic mass is 16.1. The number of hydrogen-bond donors (Lipinski definition) is 1. The van der Waals surface area contributed by atoms with Gasteiger partial charge in [-0.05, 0) is 39.2 Å². The Hall–Kier alpha value is -1.15. The molecule has 0 bridgehead atoms. The van der Waals surface area contributed by atoms with Crippen LogP contribution >= 0.6 is 0 Å². The number of rotatable bonds is 6. The van der Waals surface area contributed by atoms with Crippen molar-refractivity contribution < 1.29 is 4.79 Å². The van der Waals surface area contributed by atoms with Gasteiger partial charge >= 0.3 is 0 Å². The van der Waals surface area contributed by atoms with Crippen molar-refractivity contribution in [3.8, 4) is 0 Å². The molecule has 2 atom stereocenters. The van der Waals surface area contributed by atoms with Crippen LogP contribution in [0.2, 0.25) is 0 Å². The molecular formula is C14H21NO. The van der Waals surface area contributed by atoms with Crippen LogP contribution in [0.3, 0.4) is 0 Å². The van der Waals surface area contributed by atoms with Crippen LogP contribution in [-0.4, -0.2) is 17.9 Å². The van der Waals surface area contributed by atoms with E-state index in [2.05, 4.69) is 36.5 Å². The van der Waals surface area contributed by atoms with Crippen LogP contribution in [0.4, 0.5) is 0 Å². The summed E-state index contributed by atoms with van der Waals surface area (Å²) in [6.07, 6.45) is 2.11. The van der Waals surface area contributed by atoms with Crippen molar-refractivity contribution in [3.63, 3.8) is 0 Å². The molecule has 0 aromatic heterocycles. The summed E-state index contributed by atoms with van der Waals surface area (Å²) in [5.74, 6) is 0.201. The van der Waals surface area contributed by atoms with E-state index in [1.165, 1.54) is 5.56 Å². The summed E-state index contributed by atoms with van der Waals surface area (Å²) in [6, 6.07) is 10.8. The van der Waals surface area contributed by atoms with Crippen molar-refractivity contribution >= 4 is 5.78 Å². The molecule has 1 aromatic rings. The Morgan fingerprint density at radius 2 is 1.88 bits per heavy atom. The van der Waals surface area contributed by atoms with Crippen LogP contribution in [0.25, 0.3) is 0 Å². The van der Waals surface area contributed by atoms with Gasteiger partial charge in [0.1, 0.15) is 5.78 Å². The molecule has 0 aliphatic carbocycles. The lowest BCUT2D eigenvalue weighted by molar-refractivity contribution is -0.118. The van der Waals surface area contributed by atoms with Crippen LogP contribution < -0.4 is 5.32 Å². The molecule has 2 unspecified atom stereocenters. The number of nitrogens with one attached hydrogen (secondary N) is 1. The van der Waals surface area contributed by atoms with Crippen molar-refractivity contribution in [2.75, 3.05) is 0 Å². The van der Waals surface area contributed by atoms with Crippen LogP contribution in [-0.2, 0) is 11.2 Å². The Bertz CT molecular complexity index is 321. The van der Waals surface area contributed by atoms with Crippen LogP contribution in [0, 0.1) is 0 Å². The fraction of sp³-hybridized carbons (Fsp3) is 0.500. The van der Waals surface area contributed by atoms with E-state index in [4.69, 9.17) is 0 Å². The molecule has 1 N–H and O–H groups in total. The van der Waals surface area contributed by atoms with Gasteiger partial charge in [0.2, 0.25) is 0 Å². The number of benzene rings is 1. The van der Waals surface area contributed by atoms with Gasteiger partial charge in [-0.1, -0.05) is 30.3 Å². The Morgan fingerprint density at radius 3 is 2.44 bits per heavy atom. The molecule has 0 fully saturated rings. The molecule has 0 radical (unpaired) electrons. The Kier molecular flexibility index (Phi) is 5.20. The minimum absolute atomic E-state index is 0.0363. The molecule has 0 aliphatic heterocycles. The molecular weight excluding hydrogens is 198 g/mol. The first-order valence-corrected chi connectivity index (χ1v) is 5.90. The Morgan fingerprint density at radius 1 is 1.25 bits per heavy atom. The summed E-state index contributed by atoms with van der Waals surface area (Å²) < 4.78 is 0. The van der Waals surface area contributed by atoms with Gasteiger partial charge in [0.05, 0.1) is 6.04 Å². The van der Waals surface area contributed by atoms with Crippen LogP contribution in [0.15, 0.2) is 30.3 Å². The molecule has 88 valence electrons. The number of ketones is 1. The van der Waals surface area contributed by atoms with Gasteiger partial charge in [0.15, 0.2) is 0 Å². The third-order valence-electron chi connectivity index (χ3n) is 2.85. The van der Waals surface area contributed by atoms with Gasteiger partial charge < -0.3 is 5.32 Å². The summed E-state index contributed by atoms with van der Waals surface area (Å²) in [4.78, 5) is 11.1. The van der Waals surface area contributed by atoms with Gasteiger partial charge in [0, 0.05) is 6.04 Å². The number of carbonyl (C=O) groups is 1. The van der Waals surface area contributed by atoms with E-state index in [-0.39, 0.29) is 11.8 Å². The first kappa shape index (κ1) is 12.9. The van der Waals surface area contributed by atoms with Gasteiger partial charge in [-0.2, -0.15) is 0 Å². The molecule has 1 aromatic carbocycles. The molecule has 1 rings (SSSR count). The molecule has 0 spiro atoms. The van der Waals surface area contributed by atoms with Gasteiger partial charge in [-0.3, -0.25) is 4.79 Å². The summed E-state index contributed by atoms with van der Waals surface area (Å²) in [5, 5.41) is 3.30. The molecule has 2 heteroatoms. The van der Waals surface area contributed by atoms with E-state index < -0.39 is 0 Å². The van der Waals surface area contributed by atoms with Gasteiger partial charge in [0.25, 0.3) is 0 Å². The highest BCUT2D eigenvalue weighted by Gasteiger charge is 2.10. The van der Waals surface area contributed by atoms with E-state index >= 15 is 0 Å². The van der Waals surface area contributed by atoms with E-state index in [9.17, 15) is 4.79 Å². The summed E-state index contributed by atoms with van der Waals surface area (Å²) in [7, 11) is 0. The molecule has 0 amide bonds. The second-order valence-corrected chi connectivity index (χ2v) is 4.42. The smallest absolute Gasteiger partial charge is 0.146 e. The average molecular weight is 219 g/mol. The Balaban J connectivity index is 2.30. The lowest BCUT2D eigenvalue weighted by atomic mass is 10.1. The maximum atomic E-state index is 11.1. The van der Waals surface area contributed by atoms with Gasteiger partial charge in [-0.25, -0.2) is 0 Å². The first-order chi connectivity index (χ1) is 7.59. The fourth-order valence-electron chi connectivity index (χ4n) is 1.66. The third kappa shape index (κ3) is 4.58. The summed E-state index contributed by atoms with van der Waals surface area (Å²) >= 11 is 0. The third-order valence-corrected chi connectivity index (χ3v) is 2.85. The summed E-state index contributed by atoms with van der Waals surface area (Å²) in [6.45, 7) is 5.67. The SMILES string of the molecule is CC(=O)C(C)NC(C)CCc1ccccc1. The maximum Gasteiger partial charge on any atom is 0.146 e. The predicted octanol–water partition coefficient (Wildman–Crippen LogP) is 2.57. The van der Waals surface area contributed by atoms with Gasteiger partial charge in [-0.15, -0.1) is 0 Å². The Labute approximate surface area is 98.1 Å². The standard InChI is InChI=1S/C14H21NO/c1-11(15-12(2)13(3)16)9-10-14-7-5-4-6-8-14/h4-8,11-12,15H,9-10H2,1-3H3. The lowest BCUT2D eigenvalue weighted by Crippen LogP contribution is -2.39. The quantitative estimate of drug-likeness (QED) is 0.796. The minimum atomic E-state index is -0.0363. The monoisotopic (exact) mass is 219 g/mol. The van der Waals surface area contributed by atoms with Crippen LogP contribution in [0.5, 0.6) is 0 Å². The number of carbonyl (C=O) groups excluding carboxylic acids is 1. The topological polar surface area (TPSA) is 29.1 Å². The lowest BCUT2D eigenvalue weighted by Gasteiger charge is -2.17. The van der Waals surface area contributed by atoms with Crippen molar-refractivity contribution in [1.82, 2.24) is 5.32 Å². The number of Topliss-reactive ketones (excluding diaryl/α,β-unsaturated/α-hetero) is 1. The van der Waals surface area contributed by atoms with Crippen molar-refractivity contribution in [3.05, 3.63) is 35.9 Å². The molecule has 16 heavy (non-hydrogen) atoms. The normalized spacial score (nSPS) is 14.4. The fourth-order valence-corrected chi connectivity index (χ4v) is 1.66. The van der Waals surface area contributed by atoms with Crippen molar-refractivity contribution in [1.29, 1.82) is 0 Å². The highest BCUT2D eigenvalue weighted by Crippen LogP contribution is 2.05. The largest absolute Gasteiger partial charge is 0.305 e. The number of hydrogen-bond acceptors (Lipinski definition) is 2. The van der Waals surface area contributed by atoms with Crippen molar-refractivity contribution in [2.24, 2.45) is 0 Å². The minimum Gasteiger partial charge on any atom is -0.305 e. The van der Waals surface area contributed by atoms with Crippen LogP contribution in [0.1, 0.15) is 32.8 Å². The zero-order valence-electron chi connectivity index (χ0n) is 10.4. The van der Waals surface area contributed by atoms with E-state index in [1.807, 2.05) is 13.0 Å². The second-order valence-electron chi connectivity index (χ2n) is 4.42. The highest BCUT2D eigenvalue weighted by molar-refractivity contribution is 5.80. The first-order valence-electron chi connectivity index (χ1n) is 5.90. The molecule has 0 heterocycles. The zero-order valence-corrected chi connectivity index (χ0v) is 10.4. The summed E-state index contributed by atoms with van der Waals surface area (Å²) in [5.41, 5.74) is 1.35. The van der Waals surface area contributed by atoms with Crippen molar-refractivity contribution in [2.45, 2.75) is 45.7 Å². The molecule has 2 nitrogen and oxygen atoms in total. The molecule has 0 saturated heterocycles. The van der Waals surface area contributed by atoms with E-state index in [0.717, 1.165) is 12.8 Å². The molecule has 0 saturated carbocycles. The maximum absolute atomic E-state index is 11.1. The average Bonchev–Trinajstić information content (AvgIpc) is 2.27.